The van der Waals surface area contributed by atoms with Gasteiger partial charge in [0.05, 0.1) is 0 Å². The Morgan fingerprint density at radius 1 is 1.03 bits per heavy atom. The molecule has 0 saturated heterocycles. The maximum Gasteiger partial charge on any atom is 0.266 e. The zero-order valence-corrected chi connectivity index (χ0v) is 20.7. The highest BCUT2D eigenvalue weighted by Crippen LogP contribution is 2.26. The van der Waals surface area contributed by atoms with Gasteiger partial charge < -0.3 is 15.4 Å². The molecule has 7 heteroatoms. The molecule has 2 N–H and O–H groups in total. The van der Waals surface area contributed by atoms with Crippen LogP contribution < -0.4 is 15.4 Å². The predicted octanol–water partition coefficient (Wildman–Crippen LogP) is 5.94. The molecule has 0 radical (unpaired) electrons. The number of anilines is 2. The molecule has 3 aromatic rings. The molecule has 34 heavy (non-hydrogen) atoms. The van der Waals surface area contributed by atoms with Gasteiger partial charge >= 0.3 is 0 Å². The van der Waals surface area contributed by atoms with Crippen molar-refractivity contribution in [1.29, 1.82) is 5.26 Å². The molecule has 0 heterocycles. The Bertz CT molecular complexity index is 1310. The summed E-state index contributed by atoms with van der Waals surface area (Å²) >= 11 is 3.40. The molecule has 6 nitrogen and oxygen atoms in total. The average Bonchev–Trinajstić information content (AvgIpc) is 2.79. The van der Waals surface area contributed by atoms with Gasteiger partial charge in [0, 0.05) is 21.4 Å². The summed E-state index contributed by atoms with van der Waals surface area (Å²) in [5.41, 5.74) is 4.77. The fourth-order valence-electron chi connectivity index (χ4n) is 3.21. The van der Waals surface area contributed by atoms with E-state index in [0.29, 0.717) is 17.0 Å². The second-order valence-electron chi connectivity index (χ2n) is 7.76. The Balaban J connectivity index is 1.76. The van der Waals surface area contributed by atoms with Crippen molar-refractivity contribution in [3.8, 4) is 11.8 Å². The van der Waals surface area contributed by atoms with E-state index < -0.39 is 5.91 Å². The molecule has 0 fully saturated rings. The van der Waals surface area contributed by atoms with Crippen molar-refractivity contribution in [1.82, 2.24) is 0 Å². The van der Waals surface area contributed by atoms with E-state index in [2.05, 4.69) is 26.6 Å². The Morgan fingerprint density at radius 3 is 2.53 bits per heavy atom. The summed E-state index contributed by atoms with van der Waals surface area (Å²) < 4.78 is 6.48. The first-order chi connectivity index (χ1) is 16.3. The number of amides is 2. The third kappa shape index (κ3) is 6.56. The van der Waals surface area contributed by atoms with Crippen LogP contribution in [-0.4, -0.2) is 18.4 Å². The summed E-state index contributed by atoms with van der Waals surface area (Å²) in [6.45, 7) is 5.60. The van der Waals surface area contributed by atoms with E-state index in [0.717, 1.165) is 26.9 Å². The standard InChI is InChI=1S/C27H24BrN3O3/c1-17-6-4-8-23(12-17)30-27(33)21(15-29)13-20-14-22(28)10-11-25(20)34-16-26(32)31-24-9-5-7-18(2)19(24)3/h4-14H,16H2,1-3H3,(H,30,33)(H,31,32)/b21-13+. The minimum absolute atomic E-state index is 0.0932. The SMILES string of the molecule is Cc1cccc(NC(=O)/C(C#N)=C/c2cc(Br)ccc2OCC(=O)Nc2cccc(C)c2C)c1. The third-order valence-corrected chi connectivity index (χ3v) is 5.64. The van der Waals surface area contributed by atoms with Crippen LogP contribution in [0.15, 0.2) is 70.7 Å². The Kier molecular flexibility index (Phi) is 8.23. The molecular weight excluding hydrogens is 494 g/mol. The van der Waals surface area contributed by atoms with Crippen LogP contribution in [0.3, 0.4) is 0 Å². The number of ether oxygens (including phenoxy) is 1. The minimum atomic E-state index is -0.535. The highest BCUT2D eigenvalue weighted by Gasteiger charge is 2.13. The number of halogens is 1. The number of nitrogens with zero attached hydrogens (tertiary/aromatic N) is 1. The average molecular weight is 518 g/mol. The van der Waals surface area contributed by atoms with Crippen LogP contribution >= 0.6 is 15.9 Å². The van der Waals surface area contributed by atoms with E-state index >= 15 is 0 Å². The second-order valence-corrected chi connectivity index (χ2v) is 8.68. The van der Waals surface area contributed by atoms with Crippen LogP contribution in [0, 0.1) is 32.1 Å². The molecule has 3 rings (SSSR count). The Hall–Kier alpha value is -3.89. The fraction of sp³-hybridized carbons (Fsp3) is 0.148. The first-order valence-electron chi connectivity index (χ1n) is 10.5. The van der Waals surface area contributed by atoms with E-state index in [1.165, 1.54) is 6.08 Å². The summed E-state index contributed by atoms with van der Waals surface area (Å²) in [4.78, 5) is 25.1. The van der Waals surface area contributed by atoms with Gasteiger partial charge in [-0.3, -0.25) is 9.59 Å². The summed E-state index contributed by atoms with van der Waals surface area (Å²) in [7, 11) is 0. The maximum absolute atomic E-state index is 12.7. The number of nitriles is 1. The lowest BCUT2D eigenvalue weighted by Gasteiger charge is -2.13. The van der Waals surface area contributed by atoms with E-state index in [4.69, 9.17) is 4.74 Å². The van der Waals surface area contributed by atoms with Gasteiger partial charge in [0.2, 0.25) is 0 Å². The van der Waals surface area contributed by atoms with Crippen molar-refractivity contribution in [3.05, 3.63) is 93.0 Å². The lowest BCUT2D eigenvalue weighted by Crippen LogP contribution is -2.21. The predicted molar refractivity (Wildman–Crippen MR) is 138 cm³/mol. The van der Waals surface area contributed by atoms with Gasteiger partial charge in [0.15, 0.2) is 6.61 Å². The Morgan fingerprint density at radius 2 is 1.79 bits per heavy atom. The molecule has 0 aliphatic carbocycles. The molecule has 0 aliphatic heterocycles. The molecular formula is C27H24BrN3O3. The van der Waals surface area contributed by atoms with Crippen molar-refractivity contribution >= 4 is 45.2 Å². The van der Waals surface area contributed by atoms with Crippen LogP contribution in [0.4, 0.5) is 11.4 Å². The number of hydrogen-bond acceptors (Lipinski definition) is 4. The van der Waals surface area contributed by atoms with Crippen LogP contribution in [0.2, 0.25) is 0 Å². The molecule has 0 aliphatic rings. The minimum Gasteiger partial charge on any atom is -0.483 e. The molecule has 0 bridgehead atoms. The number of carbonyl (C=O) groups is 2. The number of carbonyl (C=O) groups excluding carboxylic acids is 2. The van der Waals surface area contributed by atoms with E-state index in [-0.39, 0.29) is 18.1 Å². The van der Waals surface area contributed by atoms with Gasteiger partial charge in [-0.15, -0.1) is 0 Å². The lowest BCUT2D eigenvalue weighted by molar-refractivity contribution is -0.118. The van der Waals surface area contributed by atoms with Crippen molar-refractivity contribution in [3.63, 3.8) is 0 Å². The van der Waals surface area contributed by atoms with E-state index in [1.807, 2.05) is 63.2 Å². The number of aryl methyl sites for hydroxylation is 2. The smallest absolute Gasteiger partial charge is 0.266 e. The number of benzene rings is 3. The van der Waals surface area contributed by atoms with Crippen molar-refractivity contribution in [2.45, 2.75) is 20.8 Å². The first-order valence-corrected chi connectivity index (χ1v) is 11.3. The van der Waals surface area contributed by atoms with Crippen LogP contribution in [0.5, 0.6) is 5.75 Å². The van der Waals surface area contributed by atoms with Gasteiger partial charge in [0.25, 0.3) is 11.8 Å². The van der Waals surface area contributed by atoms with Gasteiger partial charge in [0.1, 0.15) is 17.4 Å². The molecule has 0 aromatic heterocycles. The monoisotopic (exact) mass is 517 g/mol. The second kappa shape index (κ2) is 11.3. The van der Waals surface area contributed by atoms with Gasteiger partial charge in [-0.25, -0.2) is 0 Å². The van der Waals surface area contributed by atoms with Crippen molar-refractivity contribution in [2.75, 3.05) is 17.2 Å². The van der Waals surface area contributed by atoms with Gasteiger partial charge in [-0.2, -0.15) is 5.26 Å². The highest BCUT2D eigenvalue weighted by atomic mass is 79.9. The summed E-state index contributed by atoms with van der Waals surface area (Å²) in [6.07, 6.45) is 1.44. The van der Waals surface area contributed by atoms with Gasteiger partial charge in [-0.1, -0.05) is 40.2 Å². The highest BCUT2D eigenvalue weighted by molar-refractivity contribution is 9.10. The summed E-state index contributed by atoms with van der Waals surface area (Å²) in [5.74, 6) is -0.480. The number of rotatable bonds is 7. The van der Waals surface area contributed by atoms with E-state index in [9.17, 15) is 14.9 Å². The Labute approximate surface area is 207 Å². The molecule has 2 amide bonds. The maximum atomic E-state index is 12.7. The number of hydrogen-bond donors (Lipinski definition) is 2. The quantitative estimate of drug-likeness (QED) is 0.299. The fourth-order valence-corrected chi connectivity index (χ4v) is 3.58. The van der Waals surface area contributed by atoms with Crippen LogP contribution in [0.1, 0.15) is 22.3 Å². The molecule has 0 unspecified atom stereocenters. The number of nitrogens with one attached hydrogen (secondary N) is 2. The zero-order chi connectivity index (χ0) is 24.7. The molecule has 3 aromatic carbocycles. The largest absolute Gasteiger partial charge is 0.483 e. The third-order valence-electron chi connectivity index (χ3n) is 5.15. The molecule has 0 spiro atoms. The van der Waals surface area contributed by atoms with E-state index in [1.54, 1.807) is 24.3 Å². The normalized spacial score (nSPS) is 10.9. The zero-order valence-electron chi connectivity index (χ0n) is 19.1. The molecule has 0 saturated carbocycles. The molecule has 0 atom stereocenters. The van der Waals surface area contributed by atoms with Crippen molar-refractivity contribution in [2.24, 2.45) is 0 Å². The molecule has 172 valence electrons. The van der Waals surface area contributed by atoms with Crippen LogP contribution in [0.25, 0.3) is 6.08 Å². The van der Waals surface area contributed by atoms with Crippen molar-refractivity contribution < 1.29 is 14.3 Å². The van der Waals surface area contributed by atoms with Gasteiger partial charge in [-0.05, 0) is 79.9 Å². The van der Waals surface area contributed by atoms with Crippen LogP contribution in [-0.2, 0) is 9.59 Å². The summed E-state index contributed by atoms with van der Waals surface area (Å²) in [6, 6.07) is 20.1. The lowest BCUT2D eigenvalue weighted by atomic mass is 10.1. The first kappa shape index (κ1) is 24.7. The summed E-state index contributed by atoms with van der Waals surface area (Å²) in [5, 5.41) is 15.2. The topological polar surface area (TPSA) is 91.2 Å².